The molecule has 1 aromatic rings. The van der Waals surface area contributed by atoms with E-state index in [2.05, 4.69) is 4.72 Å². The predicted molar refractivity (Wildman–Crippen MR) is 64.0 cm³/mol. The number of carbonyl (C=O) groups is 1. The summed E-state index contributed by atoms with van der Waals surface area (Å²) in [5.41, 5.74) is 4.69. The SMILES string of the molecule is Cn1cc(S(=O)(=O)NC(C)(C)C)cc1C(N)=O. The number of carbonyl (C=O) groups excluding carboxylic acids is 1. The average molecular weight is 259 g/mol. The van der Waals surface area contributed by atoms with Gasteiger partial charge in [-0.3, -0.25) is 4.79 Å². The molecule has 6 nitrogen and oxygen atoms in total. The monoisotopic (exact) mass is 259 g/mol. The van der Waals surface area contributed by atoms with Gasteiger partial charge in [-0.05, 0) is 26.8 Å². The van der Waals surface area contributed by atoms with Crippen LogP contribution < -0.4 is 10.5 Å². The molecule has 3 N–H and O–H groups in total. The number of aromatic nitrogens is 1. The zero-order valence-electron chi connectivity index (χ0n) is 10.3. The molecule has 0 fully saturated rings. The number of aryl methyl sites for hydroxylation is 1. The Labute approximate surface area is 101 Å². The van der Waals surface area contributed by atoms with E-state index in [1.54, 1.807) is 27.8 Å². The zero-order valence-corrected chi connectivity index (χ0v) is 11.1. The van der Waals surface area contributed by atoms with E-state index in [-0.39, 0.29) is 10.6 Å². The Morgan fingerprint density at radius 2 is 1.94 bits per heavy atom. The molecule has 1 heterocycles. The van der Waals surface area contributed by atoms with Crippen LogP contribution in [0.3, 0.4) is 0 Å². The molecule has 0 spiro atoms. The van der Waals surface area contributed by atoms with Crippen LogP contribution in [0.5, 0.6) is 0 Å². The topological polar surface area (TPSA) is 94.2 Å². The summed E-state index contributed by atoms with van der Waals surface area (Å²) in [6, 6.07) is 1.26. The number of nitrogens with one attached hydrogen (secondary N) is 1. The van der Waals surface area contributed by atoms with Gasteiger partial charge in [0.25, 0.3) is 5.91 Å². The molecular weight excluding hydrogens is 242 g/mol. The van der Waals surface area contributed by atoms with Crippen molar-refractivity contribution in [1.82, 2.24) is 9.29 Å². The van der Waals surface area contributed by atoms with Crippen LogP contribution >= 0.6 is 0 Å². The summed E-state index contributed by atoms with van der Waals surface area (Å²) >= 11 is 0. The van der Waals surface area contributed by atoms with E-state index in [1.165, 1.54) is 16.8 Å². The number of amides is 1. The lowest BCUT2D eigenvalue weighted by Crippen LogP contribution is -2.40. The first-order valence-electron chi connectivity index (χ1n) is 5.03. The van der Waals surface area contributed by atoms with Crippen LogP contribution in [-0.2, 0) is 17.1 Å². The Morgan fingerprint density at radius 1 is 1.41 bits per heavy atom. The van der Waals surface area contributed by atoms with Crippen LogP contribution in [0, 0.1) is 0 Å². The van der Waals surface area contributed by atoms with Crippen molar-refractivity contribution in [3.05, 3.63) is 18.0 Å². The molecule has 96 valence electrons. The third-order valence-corrected chi connectivity index (χ3v) is 3.71. The molecule has 0 saturated heterocycles. The molecule has 1 rings (SSSR count). The first-order valence-corrected chi connectivity index (χ1v) is 6.51. The van der Waals surface area contributed by atoms with Crippen molar-refractivity contribution in [2.75, 3.05) is 0 Å². The Balaban J connectivity index is 3.18. The maximum Gasteiger partial charge on any atom is 0.265 e. The van der Waals surface area contributed by atoms with Crippen LogP contribution in [0.2, 0.25) is 0 Å². The van der Waals surface area contributed by atoms with Gasteiger partial charge in [0.05, 0.1) is 0 Å². The molecule has 0 atom stereocenters. The molecule has 0 saturated carbocycles. The fourth-order valence-electron chi connectivity index (χ4n) is 1.39. The number of primary amides is 1. The van der Waals surface area contributed by atoms with Crippen LogP contribution in [0.4, 0.5) is 0 Å². The van der Waals surface area contributed by atoms with Gasteiger partial charge < -0.3 is 10.3 Å². The van der Waals surface area contributed by atoms with Crippen LogP contribution in [0.15, 0.2) is 17.2 Å². The Morgan fingerprint density at radius 3 is 2.29 bits per heavy atom. The summed E-state index contributed by atoms with van der Waals surface area (Å²) < 4.78 is 27.8. The minimum atomic E-state index is -3.63. The van der Waals surface area contributed by atoms with Crippen molar-refractivity contribution in [2.45, 2.75) is 31.2 Å². The second-order valence-electron chi connectivity index (χ2n) is 4.89. The number of sulfonamides is 1. The normalized spacial score (nSPS) is 12.7. The number of nitrogens with two attached hydrogens (primary N) is 1. The van der Waals surface area contributed by atoms with Gasteiger partial charge >= 0.3 is 0 Å². The quantitative estimate of drug-likeness (QED) is 0.812. The average Bonchev–Trinajstić information content (AvgIpc) is 2.43. The van der Waals surface area contributed by atoms with E-state index in [0.717, 1.165) is 0 Å². The lowest BCUT2D eigenvalue weighted by Gasteiger charge is -2.19. The maximum absolute atomic E-state index is 12.0. The highest BCUT2D eigenvalue weighted by atomic mass is 32.2. The predicted octanol–water partition coefficient (Wildman–Crippen LogP) is 0.201. The van der Waals surface area contributed by atoms with E-state index in [4.69, 9.17) is 5.73 Å². The van der Waals surface area contributed by atoms with Crippen molar-refractivity contribution in [2.24, 2.45) is 12.8 Å². The summed E-state index contributed by atoms with van der Waals surface area (Å²) in [7, 11) is -2.07. The summed E-state index contributed by atoms with van der Waals surface area (Å²) in [4.78, 5) is 11.1. The minimum absolute atomic E-state index is 0.0312. The first-order chi connectivity index (χ1) is 7.53. The van der Waals surface area contributed by atoms with E-state index in [9.17, 15) is 13.2 Å². The van der Waals surface area contributed by atoms with Crippen molar-refractivity contribution in [1.29, 1.82) is 0 Å². The molecule has 1 aromatic heterocycles. The second-order valence-corrected chi connectivity index (χ2v) is 6.57. The largest absolute Gasteiger partial charge is 0.364 e. The van der Waals surface area contributed by atoms with Gasteiger partial charge in [-0.25, -0.2) is 13.1 Å². The molecule has 0 bridgehead atoms. The molecule has 0 aliphatic heterocycles. The number of hydrogen-bond donors (Lipinski definition) is 2. The van der Waals surface area contributed by atoms with Gasteiger partial charge in [-0.1, -0.05) is 0 Å². The lowest BCUT2D eigenvalue weighted by atomic mass is 10.1. The Hall–Kier alpha value is -1.34. The molecule has 1 amide bonds. The van der Waals surface area contributed by atoms with Crippen molar-refractivity contribution in [3.8, 4) is 0 Å². The summed E-state index contributed by atoms with van der Waals surface area (Å²) in [6.07, 6.45) is 1.36. The van der Waals surface area contributed by atoms with Crippen LogP contribution in [0.25, 0.3) is 0 Å². The molecule has 0 unspecified atom stereocenters. The number of rotatable bonds is 3. The molecule has 0 radical (unpaired) electrons. The highest BCUT2D eigenvalue weighted by molar-refractivity contribution is 7.89. The van der Waals surface area contributed by atoms with Gasteiger partial charge in [-0.15, -0.1) is 0 Å². The Bertz CT molecular complexity index is 538. The zero-order chi connectivity index (χ0) is 13.4. The molecule has 17 heavy (non-hydrogen) atoms. The van der Waals surface area contributed by atoms with Gasteiger partial charge in [0.15, 0.2) is 0 Å². The maximum atomic E-state index is 12.0. The third-order valence-electron chi connectivity index (χ3n) is 1.98. The summed E-state index contributed by atoms with van der Waals surface area (Å²) in [5, 5.41) is 0. The number of nitrogens with zero attached hydrogens (tertiary/aromatic N) is 1. The van der Waals surface area contributed by atoms with Gasteiger partial charge in [0, 0.05) is 18.8 Å². The molecule has 0 aromatic carbocycles. The smallest absolute Gasteiger partial charge is 0.265 e. The minimum Gasteiger partial charge on any atom is -0.364 e. The Kier molecular flexibility index (Phi) is 3.35. The van der Waals surface area contributed by atoms with E-state index in [1.807, 2.05) is 0 Å². The lowest BCUT2D eigenvalue weighted by molar-refractivity contribution is 0.0992. The van der Waals surface area contributed by atoms with Gasteiger partial charge in [0.1, 0.15) is 10.6 Å². The van der Waals surface area contributed by atoms with E-state index in [0.29, 0.717) is 0 Å². The summed E-state index contributed by atoms with van der Waals surface area (Å²) in [5.74, 6) is -0.662. The fraction of sp³-hybridized carbons (Fsp3) is 0.500. The van der Waals surface area contributed by atoms with Crippen molar-refractivity contribution < 1.29 is 13.2 Å². The third kappa shape index (κ3) is 3.31. The number of hydrogen-bond acceptors (Lipinski definition) is 3. The summed E-state index contributed by atoms with van der Waals surface area (Å²) in [6.45, 7) is 5.22. The molecule has 0 aliphatic rings. The first kappa shape index (κ1) is 13.7. The van der Waals surface area contributed by atoms with Gasteiger partial charge in [0.2, 0.25) is 10.0 Å². The highest BCUT2D eigenvalue weighted by Gasteiger charge is 2.24. The van der Waals surface area contributed by atoms with Crippen LogP contribution in [0.1, 0.15) is 31.3 Å². The molecule has 7 heteroatoms. The molecule has 0 aliphatic carbocycles. The second kappa shape index (κ2) is 4.15. The van der Waals surface area contributed by atoms with Crippen LogP contribution in [-0.4, -0.2) is 24.4 Å². The van der Waals surface area contributed by atoms with Crippen molar-refractivity contribution in [3.63, 3.8) is 0 Å². The fourth-order valence-corrected chi connectivity index (χ4v) is 2.88. The highest BCUT2D eigenvalue weighted by Crippen LogP contribution is 2.15. The van der Waals surface area contributed by atoms with Gasteiger partial charge in [-0.2, -0.15) is 0 Å². The van der Waals surface area contributed by atoms with E-state index < -0.39 is 21.5 Å². The standard InChI is InChI=1S/C10H17N3O3S/c1-10(2,3)12-17(15,16)7-5-8(9(11)14)13(4)6-7/h5-6,12H,1-4H3,(H2,11,14). The van der Waals surface area contributed by atoms with Crippen molar-refractivity contribution >= 4 is 15.9 Å². The van der Waals surface area contributed by atoms with E-state index >= 15 is 0 Å². The molecular formula is C10H17N3O3S.